The molecule has 0 N–H and O–H groups in total. The first-order chi connectivity index (χ1) is 14.1. The van der Waals surface area contributed by atoms with E-state index in [0.717, 1.165) is 29.7 Å². The molecule has 1 unspecified atom stereocenters. The van der Waals surface area contributed by atoms with Crippen LogP contribution in [0.25, 0.3) is 6.08 Å². The summed E-state index contributed by atoms with van der Waals surface area (Å²) < 4.78 is 40.9. The first kappa shape index (κ1) is 23.8. The highest BCUT2D eigenvalue weighted by molar-refractivity contribution is 8.00. The molecule has 0 radical (unpaired) electrons. The van der Waals surface area contributed by atoms with E-state index in [1.165, 1.54) is 12.1 Å². The fraction of sp³-hybridized carbons (Fsp3) is 0.286. The van der Waals surface area contributed by atoms with Gasteiger partial charge in [-0.05, 0) is 52.8 Å². The lowest BCUT2D eigenvalue weighted by Crippen LogP contribution is -2.21. The van der Waals surface area contributed by atoms with Crippen molar-refractivity contribution >= 4 is 70.0 Å². The van der Waals surface area contributed by atoms with Crippen molar-refractivity contribution in [1.29, 1.82) is 0 Å². The molecule has 0 spiro atoms. The third-order valence-corrected chi connectivity index (χ3v) is 7.60. The number of halogens is 7. The molecule has 0 aliphatic carbocycles. The van der Waals surface area contributed by atoms with Crippen LogP contribution >= 0.6 is 58.2 Å². The van der Waals surface area contributed by atoms with Crippen molar-refractivity contribution in [2.75, 3.05) is 11.5 Å². The van der Waals surface area contributed by atoms with Crippen LogP contribution in [0.2, 0.25) is 20.1 Å². The fourth-order valence-electron chi connectivity index (χ4n) is 3.01. The zero-order valence-electron chi connectivity index (χ0n) is 15.3. The molecule has 0 amide bonds. The molecule has 160 valence electrons. The summed E-state index contributed by atoms with van der Waals surface area (Å²) >= 11 is 25.6. The molecule has 30 heavy (non-hydrogen) atoms. The highest BCUT2D eigenvalue weighted by Crippen LogP contribution is 2.41. The Morgan fingerprint density at radius 3 is 2.20 bits per heavy atom. The number of hydrogen-bond acceptors (Lipinski definition) is 2. The highest BCUT2D eigenvalue weighted by atomic mass is 35.5. The minimum Gasteiger partial charge on any atom is -0.294 e. The summed E-state index contributed by atoms with van der Waals surface area (Å²) in [6.45, 7) is 0. The Hall–Kier alpha value is -0.850. The summed E-state index contributed by atoms with van der Waals surface area (Å²) in [6, 6.07) is 6.89. The van der Waals surface area contributed by atoms with Gasteiger partial charge in [-0.25, -0.2) is 0 Å². The Balaban J connectivity index is 1.84. The van der Waals surface area contributed by atoms with E-state index in [2.05, 4.69) is 0 Å². The predicted octanol–water partition coefficient (Wildman–Crippen LogP) is 8.60. The number of allylic oxidation sites excluding steroid dienone is 1. The maximum Gasteiger partial charge on any atom is 0.399 e. The molecule has 1 nitrogen and oxygen atoms in total. The molecule has 1 aliphatic heterocycles. The van der Waals surface area contributed by atoms with E-state index >= 15 is 0 Å². The van der Waals surface area contributed by atoms with E-state index in [9.17, 15) is 18.0 Å². The predicted molar refractivity (Wildman–Crippen MR) is 121 cm³/mol. The van der Waals surface area contributed by atoms with Crippen molar-refractivity contribution in [1.82, 2.24) is 0 Å². The quantitative estimate of drug-likeness (QED) is 0.284. The summed E-state index contributed by atoms with van der Waals surface area (Å²) in [6.07, 6.45) is -1.85. The minimum absolute atomic E-state index is 0.000445. The topological polar surface area (TPSA) is 17.1 Å². The number of carbonyl (C=O) groups excluding carboxylic acids is 1. The Bertz CT molecular complexity index is 964. The van der Waals surface area contributed by atoms with Gasteiger partial charge >= 0.3 is 6.18 Å². The number of carbonyl (C=O) groups is 1. The monoisotopic (exact) mass is 512 g/mol. The van der Waals surface area contributed by atoms with Crippen molar-refractivity contribution in [3.63, 3.8) is 0 Å². The number of ketones is 1. The van der Waals surface area contributed by atoms with Crippen LogP contribution in [-0.2, 0) is 0 Å². The molecule has 1 aliphatic rings. The van der Waals surface area contributed by atoms with Gasteiger partial charge in [0.1, 0.15) is 0 Å². The largest absolute Gasteiger partial charge is 0.399 e. The summed E-state index contributed by atoms with van der Waals surface area (Å²) in [4.78, 5) is 12.4. The molecular weight excluding hydrogens is 499 g/mol. The average Bonchev–Trinajstić information content (AvgIpc) is 2.61. The van der Waals surface area contributed by atoms with Crippen LogP contribution in [0.5, 0.6) is 0 Å². The lowest BCUT2D eigenvalue weighted by Gasteiger charge is -2.24. The molecule has 0 aromatic heterocycles. The van der Waals surface area contributed by atoms with Gasteiger partial charge in [0, 0.05) is 12.0 Å². The van der Waals surface area contributed by atoms with Crippen molar-refractivity contribution in [3.05, 3.63) is 73.2 Å². The summed E-state index contributed by atoms with van der Waals surface area (Å²) in [5.41, 5.74) is 0.694. The maximum absolute atomic E-state index is 13.6. The number of rotatable bonds is 6. The van der Waals surface area contributed by atoms with Gasteiger partial charge in [-0.3, -0.25) is 4.79 Å². The van der Waals surface area contributed by atoms with Gasteiger partial charge in [-0.1, -0.05) is 64.6 Å². The maximum atomic E-state index is 13.6. The van der Waals surface area contributed by atoms with Gasteiger partial charge < -0.3 is 0 Å². The molecule has 1 atom stereocenters. The molecule has 1 fully saturated rings. The van der Waals surface area contributed by atoms with Crippen molar-refractivity contribution < 1.29 is 18.0 Å². The Kier molecular flexibility index (Phi) is 7.73. The van der Waals surface area contributed by atoms with Gasteiger partial charge in [0.25, 0.3) is 0 Å². The fourth-order valence-corrected chi connectivity index (χ4v) is 4.72. The van der Waals surface area contributed by atoms with E-state index in [4.69, 9.17) is 46.4 Å². The van der Waals surface area contributed by atoms with Crippen LogP contribution in [0, 0.1) is 5.92 Å². The smallest absolute Gasteiger partial charge is 0.294 e. The zero-order chi connectivity index (χ0) is 22.1. The molecule has 2 aromatic carbocycles. The van der Waals surface area contributed by atoms with Crippen molar-refractivity contribution in [2.45, 2.75) is 18.5 Å². The van der Waals surface area contributed by atoms with Gasteiger partial charge in [0.05, 0.1) is 26.0 Å². The summed E-state index contributed by atoms with van der Waals surface area (Å²) in [7, 11) is 0. The number of hydrogen-bond donors (Lipinski definition) is 0. The second kappa shape index (κ2) is 9.74. The lowest BCUT2D eigenvalue weighted by atomic mass is 9.96. The van der Waals surface area contributed by atoms with Gasteiger partial charge in [0.2, 0.25) is 0 Å². The van der Waals surface area contributed by atoms with Gasteiger partial charge in [0.15, 0.2) is 5.78 Å². The lowest BCUT2D eigenvalue weighted by molar-refractivity contribution is -0.139. The van der Waals surface area contributed by atoms with Crippen molar-refractivity contribution in [2.24, 2.45) is 5.92 Å². The number of benzene rings is 2. The summed E-state index contributed by atoms with van der Waals surface area (Å²) in [5.74, 6) is 0.285. The normalized spacial score (nSPS) is 16.0. The zero-order valence-corrected chi connectivity index (χ0v) is 19.1. The molecule has 0 saturated carbocycles. The average molecular weight is 514 g/mol. The molecule has 0 bridgehead atoms. The highest BCUT2D eigenvalue weighted by Gasteiger charge is 2.39. The van der Waals surface area contributed by atoms with Crippen LogP contribution in [-0.4, -0.2) is 23.5 Å². The van der Waals surface area contributed by atoms with E-state index in [1.807, 2.05) is 0 Å². The molecular formula is C21H15Cl4F3OS. The molecule has 9 heteroatoms. The van der Waals surface area contributed by atoms with Gasteiger partial charge in [-0.15, -0.1) is 0 Å². The third kappa shape index (κ3) is 5.68. The minimum atomic E-state index is -4.57. The Labute approximate surface area is 196 Å². The molecule has 1 saturated heterocycles. The molecule has 1 heterocycles. The van der Waals surface area contributed by atoms with Crippen LogP contribution < -0.4 is 0 Å². The van der Waals surface area contributed by atoms with Crippen LogP contribution in [0.3, 0.4) is 0 Å². The second-order valence-electron chi connectivity index (χ2n) is 6.95. The second-order valence-corrected chi connectivity index (χ2v) is 9.62. The standard InChI is InChI=1S/C21H15Cl4F3OS/c22-16-5-11(1-3-14(16)19(29)6-12-9-30-10-12)2-4-15(21(26,27)28)13-7-17(23)20(25)18(24)8-13/h1-5,7-8,12,15H,6,9-10H2/b4-2+. The Morgan fingerprint density at radius 2 is 1.70 bits per heavy atom. The first-order valence-corrected chi connectivity index (χ1v) is 11.5. The molecule has 2 aromatic rings. The number of thioether (sulfide) groups is 1. The van der Waals surface area contributed by atoms with Crippen LogP contribution in [0.15, 0.2) is 36.4 Å². The van der Waals surface area contributed by atoms with E-state index in [-0.39, 0.29) is 31.4 Å². The van der Waals surface area contributed by atoms with Crippen LogP contribution in [0.4, 0.5) is 13.2 Å². The van der Waals surface area contributed by atoms with E-state index in [1.54, 1.807) is 23.9 Å². The third-order valence-electron chi connectivity index (χ3n) is 4.67. The van der Waals surface area contributed by atoms with Gasteiger partial charge in [-0.2, -0.15) is 24.9 Å². The number of alkyl halides is 3. The van der Waals surface area contributed by atoms with E-state index < -0.39 is 12.1 Å². The SMILES string of the molecule is O=C(CC1CSC1)c1ccc(/C=C/C(c2cc(Cl)c(Cl)c(Cl)c2)C(F)(F)F)cc1Cl. The molecule has 3 rings (SSSR count). The first-order valence-electron chi connectivity index (χ1n) is 8.86. The van der Waals surface area contributed by atoms with Crippen molar-refractivity contribution in [3.8, 4) is 0 Å². The Morgan fingerprint density at radius 1 is 1.07 bits per heavy atom. The summed E-state index contributed by atoms with van der Waals surface area (Å²) in [5, 5.41) is 0.102. The van der Waals surface area contributed by atoms with Crippen LogP contribution in [0.1, 0.15) is 33.8 Å². The number of Topliss-reactive ketones (excluding diaryl/α,β-unsaturated/α-hetero) is 1. The van der Waals surface area contributed by atoms with E-state index in [0.29, 0.717) is 23.5 Å².